The number of fused-ring (bicyclic) bond motifs is 3. The Morgan fingerprint density at radius 3 is 2.73 bits per heavy atom. The molecule has 33 heavy (non-hydrogen) atoms. The van der Waals surface area contributed by atoms with Gasteiger partial charge in [0.25, 0.3) is 11.5 Å². The molecule has 2 bridgehead atoms. The first-order valence-corrected chi connectivity index (χ1v) is 11.5. The summed E-state index contributed by atoms with van der Waals surface area (Å²) in [5.74, 6) is -0.843. The molecular formula is C25H27FN4O3. The van der Waals surface area contributed by atoms with Crippen LogP contribution in [0.4, 0.5) is 4.39 Å². The molecule has 3 unspecified atom stereocenters. The maximum absolute atomic E-state index is 14.9. The summed E-state index contributed by atoms with van der Waals surface area (Å²) in [5, 5.41) is 0.400. The van der Waals surface area contributed by atoms with Crippen LogP contribution >= 0.6 is 0 Å². The highest BCUT2D eigenvalue weighted by Gasteiger charge is 2.38. The molecule has 172 valence electrons. The fourth-order valence-electron chi connectivity index (χ4n) is 5.30. The molecule has 0 saturated carbocycles. The van der Waals surface area contributed by atoms with Gasteiger partial charge in [-0.25, -0.2) is 9.18 Å². The van der Waals surface area contributed by atoms with Gasteiger partial charge in [0.05, 0.1) is 23.0 Å². The number of benzene rings is 2. The Balaban J connectivity index is 1.52. The van der Waals surface area contributed by atoms with Gasteiger partial charge in [0.2, 0.25) is 0 Å². The Bertz CT molecular complexity index is 1330. The minimum atomic E-state index is -0.559. The van der Waals surface area contributed by atoms with Gasteiger partial charge >= 0.3 is 5.69 Å². The molecule has 0 radical (unpaired) electrons. The predicted molar refractivity (Wildman–Crippen MR) is 124 cm³/mol. The van der Waals surface area contributed by atoms with E-state index < -0.39 is 17.1 Å². The molecule has 0 aliphatic carbocycles. The summed E-state index contributed by atoms with van der Waals surface area (Å²) in [6.07, 6.45) is 2.62. The molecule has 3 atom stereocenters. The van der Waals surface area contributed by atoms with E-state index in [-0.39, 0.29) is 30.1 Å². The van der Waals surface area contributed by atoms with Crippen molar-refractivity contribution >= 4 is 16.8 Å². The van der Waals surface area contributed by atoms with E-state index in [0.29, 0.717) is 16.5 Å². The van der Waals surface area contributed by atoms with Gasteiger partial charge in [-0.1, -0.05) is 25.1 Å². The number of carbonyl (C=O) groups is 1. The van der Waals surface area contributed by atoms with Crippen LogP contribution in [0, 0.1) is 5.82 Å². The number of para-hydroxylation sites is 1. The number of H-pyrrole nitrogens is 1. The Morgan fingerprint density at radius 1 is 1.12 bits per heavy atom. The summed E-state index contributed by atoms with van der Waals surface area (Å²) in [4.78, 5) is 44.9. The molecule has 3 aromatic rings. The van der Waals surface area contributed by atoms with E-state index >= 15 is 0 Å². The van der Waals surface area contributed by atoms with Crippen LogP contribution in [0.5, 0.6) is 0 Å². The SMILES string of the molecule is CCC1CCN2CCC(C2)N1C(=O)c1cc(Cn2c(=O)[nH]c(=O)c3ccccc32)ccc1F. The van der Waals surface area contributed by atoms with Crippen LogP contribution in [-0.4, -0.2) is 57.0 Å². The van der Waals surface area contributed by atoms with Crippen LogP contribution in [0.2, 0.25) is 0 Å². The van der Waals surface area contributed by atoms with Gasteiger partial charge in [-0.05, 0) is 49.1 Å². The number of aromatic amines is 1. The van der Waals surface area contributed by atoms with Crippen LogP contribution in [-0.2, 0) is 6.54 Å². The van der Waals surface area contributed by atoms with Gasteiger partial charge in [0.1, 0.15) is 5.82 Å². The third-order valence-electron chi connectivity index (χ3n) is 7.03. The van der Waals surface area contributed by atoms with Crippen molar-refractivity contribution in [2.24, 2.45) is 0 Å². The van der Waals surface area contributed by atoms with Gasteiger partial charge in [-0.3, -0.25) is 19.1 Å². The number of nitrogens with zero attached hydrogens (tertiary/aromatic N) is 3. The van der Waals surface area contributed by atoms with Gasteiger partial charge in [0, 0.05) is 31.7 Å². The highest BCUT2D eigenvalue weighted by atomic mass is 19.1. The number of amides is 1. The maximum atomic E-state index is 14.9. The fraction of sp³-hybridized carbons (Fsp3) is 0.400. The number of halogens is 1. The Morgan fingerprint density at radius 2 is 1.91 bits per heavy atom. The smallest absolute Gasteiger partial charge is 0.329 e. The molecule has 2 saturated heterocycles. The number of aromatic nitrogens is 2. The van der Waals surface area contributed by atoms with E-state index in [1.54, 1.807) is 36.4 Å². The average Bonchev–Trinajstić information content (AvgIpc) is 3.19. The summed E-state index contributed by atoms with van der Waals surface area (Å²) >= 11 is 0. The van der Waals surface area contributed by atoms with E-state index in [1.807, 2.05) is 4.90 Å². The number of nitrogens with one attached hydrogen (secondary N) is 1. The lowest BCUT2D eigenvalue weighted by molar-refractivity contribution is 0.0583. The Labute approximate surface area is 190 Å². The Hall–Kier alpha value is -3.26. The molecule has 1 amide bonds. The summed E-state index contributed by atoms with van der Waals surface area (Å²) in [6, 6.07) is 11.4. The van der Waals surface area contributed by atoms with Gasteiger partial charge in [0.15, 0.2) is 0 Å². The summed E-state index contributed by atoms with van der Waals surface area (Å²) in [7, 11) is 0. The topological polar surface area (TPSA) is 78.4 Å². The van der Waals surface area contributed by atoms with Gasteiger partial charge < -0.3 is 9.80 Å². The second kappa shape index (κ2) is 8.59. The Kier molecular flexibility index (Phi) is 5.62. The first-order valence-electron chi connectivity index (χ1n) is 11.5. The molecule has 5 rings (SSSR count). The van der Waals surface area contributed by atoms with Crippen LogP contribution in [0.15, 0.2) is 52.1 Å². The zero-order chi connectivity index (χ0) is 23.1. The van der Waals surface area contributed by atoms with Crippen molar-refractivity contribution < 1.29 is 9.18 Å². The number of carbonyl (C=O) groups excluding carboxylic acids is 1. The van der Waals surface area contributed by atoms with Crippen molar-refractivity contribution in [1.82, 2.24) is 19.4 Å². The van der Waals surface area contributed by atoms with Crippen molar-refractivity contribution in [3.8, 4) is 0 Å². The van der Waals surface area contributed by atoms with Crippen molar-refractivity contribution in [3.63, 3.8) is 0 Å². The summed E-state index contributed by atoms with van der Waals surface area (Å²) in [5.41, 5.74) is 0.163. The predicted octanol–water partition coefficient (Wildman–Crippen LogP) is 2.58. The molecule has 8 heteroatoms. The standard InChI is InChI=1S/C25H27FN4O3/c1-2-17-9-11-28-12-10-18(15-28)30(17)24(32)20-13-16(7-8-21(20)26)14-29-22-6-4-3-5-19(22)23(31)27-25(29)33/h3-8,13,17-18H,2,9-12,14-15H2,1H3,(H,27,31,33). The number of hydrogen-bond donors (Lipinski definition) is 1. The van der Waals surface area contributed by atoms with Crippen LogP contribution in [0.25, 0.3) is 10.9 Å². The quantitative estimate of drug-likeness (QED) is 0.663. The van der Waals surface area contributed by atoms with Gasteiger partial charge in [-0.2, -0.15) is 0 Å². The normalized spacial score (nSPS) is 22.5. The van der Waals surface area contributed by atoms with Crippen LogP contribution < -0.4 is 11.2 Å². The van der Waals surface area contributed by atoms with Crippen molar-refractivity contribution in [2.45, 2.75) is 44.8 Å². The van der Waals surface area contributed by atoms with Crippen molar-refractivity contribution in [3.05, 3.63) is 80.2 Å². The maximum Gasteiger partial charge on any atom is 0.329 e. The largest absolute Gasteiger partial charge is 0.331 e. The molecule has 2 aliphatic rings. The minimum Gasteiger partial charge on any atom is -0.331 e. The number of hydrogen-bond acceptors (Lipinski definition) is 4. The molecule has 7 nitrogen and oxygen atoms in total. The van der Waals surface area contributed by atoms with E-state index in [1.165, 1.54) is 10.6 Å². The second-order valence-electron chi connectivity index (χ2n) is 8.98. The minimum absolute atomic E-state index is 0.0353. The summed E-state index contributed by atoms with van der Waals surface area (Å²) < 4.78 is 16.3. The van der Waals surface area contributed by atoms with Crippen molar-refractivity contribution in [1.29, 1.82) is 0 Å². The van der Waals surface area contributed by atoms with E-state index in [9.17, 15) is 18.8 Å². The van der Waals surface area contributed by atoms with E-state index in [4.69, 9.17) is 0 Å². The molecule has 1 aromatic heterocycles. The van der Waals surface area contributed by atoms with E-state index in [0.717, 1.165) is 38.9 Å². The fourth-order valence-corrected chi connectivity index (χ4v) is 5.30. The monoisotopic (exact) mass is 450 g/mol. The van der Waals surface area contributed by atoms with Gasteiger partial charge in [-0.15, -0.1) is 0 Å². The van der Waals surface area contributed by atoms with Crippen LogP contribution in [0.1, 0.15) is 42.1 Å². The molecule has 2 aliphatic heterocycles. The molecule has 2 aromatic carbocycles. The first kappa shape index (κ1) is 21.6. The van der Waals surface area contributed by atoms with Crippen molar-refractivity contribution in [2.75, 3.05) is 19.6 Å². The van der Waals surface area contributed by atoms with E-state index in [2.05, 4.69) is 16.8 Å². The summed E-state index contributed by atoms with van der Waals surface area (Å²) in [6.45, 7) is 4.95. The molecule has 0 spiro atoms. The average molecular weight is 451 g/mol. The van der Waals surface area contributed by atoms with Crippen LogP contribution in [0.3, 0.4) is 0 Å². The third kappa shape index (κ3) is 3.88. The molecular weight excluding hydrogens is 423 g/mol. The zero-order valence-electron chi connectivity index (χ0n) is 18.6. The molecule has 2 fully saturated rings. The first-order chi connectivity index (χ1) is 16.0. The molecule has 1 N–H and O–H groups in total. The number of rotatable bonds is 4. The second-order valence-corrected chi connectivity index (χ2v) is 8.98. The lowest BCUT2D eigenvalue weighted by Gasteiger charge is -2.35. The molecule has 3 heterocycles. The highest BCUT2D eigenvalue weighted by molar-refractivity contribution is 5.95. The lowest BCUT2D eigenvalue weighted by Crippen LogP contribution is -2.47. The zero-order valence-corrected chi connectivity index (χ0v) is 18.6. The third-order valence-corrected chi connectivity index (χ3v) is 7.03. The lowest BCUT2D eigenvalue weighted by atomic mass is 10.0. The highest BCUT2D eigenvalue weighted by Crippen LogP contribution is 2.28.